The van der Waals surface area contributed by atoms with Gasteiger partial charge in [-0.25, -0.2) is 4.98 Å². The standard InChI is InChI=1S/C24H25N3O7/c1-14-11-18(29)23(32)24(34-14)16(15-6-7-17(28)19(12-15)33-2)13-22(31)26-10-8-21(30)27-20-5-3-4-9-25-20/h3-7,9,11-12,16,28,32H,8,10,13H2,1-2H3,(H,26,31)(H,25,27,30). The highest BCUT2D eigenvalue weighted by Gasteiger charge is 2.26. The highest BCUT2D eigenvalue weighted by molar-refractivity contribution is 5.90. The molecule has 0 spiro atoms. The molecule has 0 bridgehead atoms. The van der Waals surface area contributed by atoms with E-state index in [1.807, 2.05) is 0 Å². The second-order valence-electron chi connectivity index (χ2n) is 7.49. The van der Waals surface area contributed by atoms with E-state index in [4.69, 9.17) is 9.15 Å². The monoisotopic (exact) mass is 467 g/mol. The maximum Gasteiger partial charge on any atom is 0.227 e. The van der Waals surface area contributed by atoms with Crippen LogP contribution in [0.4, 0.5) is 5.82 Å². The second-order valence-corrected chi connectivity index (χ2v) is 7.49. The summed E-state index contributed by atoms with van der Waals surface area (Å²) in [6.45, 7) is 1.62. The van der Waals surface area contributed by atoms with Crippen molar-refractivity contribution in [3.05, 3.63) is 76.0 Å². The van der Waals surface area contributed by atoms with E-state index in [1.54, 1.807) is 31.3 Å². The number of anilines is 1. The maximum atomic E-state index is 12.7. The molecule has 178 valence electrons. The topological polar surface area (TPSA) is 151 Å². The summed E-state index contributed by atoms with van der Waals surface area (Å²) < 4.78 is 10.8. The van der Waals surface area contributed by atoms with Gasteiger partial charge in [-0.05, 0) is 36.8 Å². The molecule has 3 aromatic rings. The Bertz CT molecular complexity index is 1220. The van der Waals surface area contributed by atoms with Crippen molar-refractivity contribution in [3.63, 3.8) is 0 Å². The van der Waals surface area contributed by atoms with Crippen LogP contribution in [0.1, 0.15) is 35.8 Å². The summed E-state index contributed by atoms with van der Waals surface area (Å²) in [5.41, 5.74) is -0.164. The lowest BCUT2D eigenvalue weighted by molar-refractivity contribution is -0.121. The molecule has 2 aromatic heterocycles. The Labute approximate surface area is 195 Å². The molecule has 1 atom stereocenters. The quantitative estimate of drug-likeness (QED) is 0.375. The number of amides is 2. The average Bonchev–Trinajstić information content (AvgIpc) is 2.81. The first-order chi connectivity index (χ1) is 16.3. The summed E-state index contributed by atoms with van der Waals surface area (Å²) in [6, 6.07) is 10.7. The lowest BCUT2D eigenvalue weighted by Crippen LogP contribution is -2.29. The molecule has 1 aromatic carbocycles. The number of methoxy groups -OCH3 is 1. The van der Waals surface area contributed by atoms with Crippen molar-refractivity contribution in [2.24, 2.45) is 0 Å². The van der Waals surface area contributed by atoms with Crippen molar-refractivity contribution in [3.8, 4) is 17.2 Å². The molecule has 0 saturated heterocycles. The molecule has 0 fully saturated rings. The SMILES string of the molecule is COc1cc(C(CC(=O)NCCC(=O)Nc2ccccn2)c2oc(C)cc(=O)c2O)ccc1O. The molecular weight excluding hydrogens is 442 g/mol. The highest BCUT2D eigenvalue weighted by Crippen LogP contribution is 2.37. The van der Waals surface area contributed by atoms with Crippen molar-refractivity contribution in [2.75, 3.05) is 19.0 Å². The van der Waals surface area contributed by atoms with E-state index in [0.29, 0.717) is 11.4 Å². The summed E-state index contributed by atoms with van der Waals surface area (Å²) in [4.78, 5) is 40.9. The number of phenolic OH excluding ortho intramolecular Hbond substituents is 1. The third-order valence-corrected chi connectivity index (χ3v) is 4.99. The number of hydrogen-bond donors (Lipinski definition) is 4. The van der Waals surface area contributed by atoms with Gasteiger partial charge in [0.25, 0.3) is 0 Å². The van der Waals surface area contributed by atoms with Crippen molar-refractivity contribution in [2.45, 2.75) is 25.7 Å². The lowest BCUT2D eigenvalue weighted by Gasteiger charge is -2.19. The van der Waals surface area contributed by atoms with Gasteiger partial charge in [-0.15, -0.1) is 0 Å². The van der Waals surface area contributed by atoms with Crippen molar-refractivity contribution < 1.29 is 29.0 Å². The highest BCUT2D eigenvalue weighted by atomic mass is 16.5. The van der Waals surface area contributed by atoms with Gasteiger partial charge in [0.1, 0.15) is 11.6 Å². The summed E-state index contributed by atoms with van der Waals surface area (Å²) in [5.74, 6) is -1.58. The third kappa shape index (κ3) is 6.12. The van der Waals surface area contributed by atoms with Gasteiger partial charge in [-0.3, -0.25) is 14.4 Å². The first kappa shape index (κ1) is 24.3. The fourth-order valence-electron chi connectivity index (χ4n) is 3.35. The minimum atomic E-state index is -0.857. The van der Waals surface area contributed by atoms with E-state index in [0.717, 1.165) is 6.07 Å². The predicted octanol–water partition coefficient (Wildman–Crippen LogP) is 2.43. The van der Waals surface area contributed by atoms with Crippen LogP contribution in [0.15, 0.2) is 57.9 Å². The van der Waals surface area contributed by atoms with Crippen LogP contribution in [0.2, 0.25) is 0 Å². The van der Waals surface area contributed by atoms with Gasteiger partial charge < -0.3 is 30.0 Å². The molecule has 10 heteroatoms. The number of nitrogens with one attached hydrogen (secondary N) is 2. The van der Waals surface area contributed by atoms with Crippen LogP contribution in [0.3, 0.4) is 0 Å². The van der Waals surface area contributed by atoms with E-state index in [9.17, 15) is 24.6 Å². The van der Waals surface area contributed by atoms with Crippen LogP contribution in [0, 0.1) is 6.92 Å². The zero-order valence-corrected chi connectivity index (χ0v) is 18.7. The Morgan fingerprint density at radius 2 is 1.94 bits per heavy atom. The van der Waals surface area contributed by atoms with Crippen LogP contribution >= 0.6 is 0 Å². The van der Waals surface area contributed by atoms with Gasteiger partial charge in [0, 0.05) is 31.6 Å². The Morgan fingerprint density at radius 1 is 1.15 bits per heavy atom. The number of carbonyl (C=O) groups excluding carboxylic acids is 2. The van der Waals surface area contributed by atoms with Gasteiger partial charge in [0.05, 0.1) is 13.0 Å². The third-order valence-electron chi connectivity index (χ3n) is 4.99. The summed E-state index contributed by atoms with van der Waals surface area (Å²) in [6.07, 6.45) is 1.37. The van der Waals surface area contributed by atoms with E-state index in [-0.39, 0.29) is 48.3 Å². The molecule has 0 aliphatic heterocycles. The largest absolute Gasteiger partial charge is 0.504 e. The fourth-order valence-corrected chi connectivity index (χ4v) is 3.35. The lowest BCUT2D eigenvalue weighted by atomic mass is 9.91. The maximum absolute atomic E-state index is 12.7. The number of phenols is 1. The summed E-state index contributed by atoms with van der Waals surface area (Å²) >= 11 is 0. The number of benzene rings is 1. The average molecular weight is 467 g/mol. The molecule has 1 unspecified atom stereocenters. The molecule has 34 heavy (non-hydrogen) atoms. The van der Waals surface area contributed by atoms with Crippen LogP contribution in [-0.4, -0.2) is 40.7 Å². The zero-order chi connectivity index (χ0) is 24.7. The molecule has 10 nitrogen and oxygen atoms in total. The summed E-state index contributed by atoms with van der Waals surface area (Å²) in [5, 5.41) is 25.6. The van der Waals surface area contributed by atoms with Gasteiger partial charge in [0.2, 0.25) is 23.0 Å². The van der Waals surface area contributed by atoms with Crippen molar-refractivity contribution >= 4 is 17.6 Å². The van der Waals surface area contributed by atoms with E-state index >= 15 is 0 Å². The molecule has 3 rings (SSSR count). The molecule has 4 N–H and O–H groups in total. The molecule has 0 aliphatic rings. The van der Waals surface area contributed by atoms with E-state index in [1.165, 1.54) is 25.3 Å². The Kier molecular flexibility index (Phi) is 7.86. The zero-order valence-electron chi connectivity index (χ0n) is 18.7. The number of rotatable bonds is 9. The van der Waals surface area contributed by atoms with Crippen LogP contribution < -0.4 is 20.8 Å². The Morgan fingerprint density at radius 3 is 2.65 bits per heavy atom. The van der Waals surface area contributed by atoms with Crippen LogP contribution in [0.25, 0.3) is 0 Å². The molecule has 0 radical (unpaired) electrons. The Hall–Kier alpha value is -4.34. The van der Waals surface area contributed by atoms with Crippen LogP contribution in [0.5, 0.6) is 17.2 Å². The molecule has 0 saturated carbocycles. The second kappa shape index (κ2) is 11.0. The number of pyridine rings is 1. The number of carbonyl (C=O) groups is 2. The van der Waals surface area contributed by atoms with Crippen molar-refractivity contribution in [1.29, 1.82) is 0 Å². The first-order valence-corrected chi connectivity index (χ1v) is 10.5. The van der Waals surface area contributed by atoms with Crippen LogP contribution in [-0.2, 0) is 9.59 Å². The first-order valence-electron chi connectivity index (χ1n) is 10.5. The number of nitrogens with zero attached hydrogens (tertiary/aromatic N) is 1. The van der Waals surface area contributed by atoms with E-state index < -0.39 is 23.0 Å². The number of hydrogen-bond acceptors (Lipinski definition) is 8. The normalized spacial score (nSPS) is 11.5. The molecular formula is C24H25N3O7. The van der Waals surface area contributed by atoms with Gasteiger partial charge in [-0.2, -0.15) is 0 Å². The van der Waals surface area contributed by atoms with Gasteiger partial charge in [0.15, 0.2) is 17.3 Å². The number of ether oxygens (including phenoxy) is 1. The minimum absolute atomic E-state index is 0.0186. The fraction of sp³-hybridized carbons (Fsp3) is 0.250. The minimum Gasteiger partial charge on any atom is -0.504 e. The van der Waals surface area contributed by atoms with Crippen molar-refractivity contribution in [1.82, 2.24) is 10.3 Å². The number of aromatic nitrogens is 1. The number of aromatic hydroxyl groups is 2. The number of aryl methyl sites for hydroxylation is 1. The smallest absolute Gasteiger partial charge is 0.227 e. The Balaban J connectivity index is 1.75. The van der Waals surface area contributed by atoms with E-state index in [2.05, 4.69) is 15.6 Å². The molecule has 2 heterocycles. The summed E-state index contributed by atoms with van der Waals surface area (Å²) in [7, 11) is 1.38. The predicted molar refractivity (Wildman–Crippen MR) is 123 cm³/mol. The molecule has 2 amide bonds. The van der Waals surface area contributed by atoms with Gasteiger partial charge in [-0.1, -0.05) is 12.1 Å². The molecule has 0 aliphatic carbocycles. The van der Waals surface area contributed by atoms with Gasteiger partial charge >= 0.3 is 0 Å².